The number of aromatic nitrogens is 1. The molecule has 1 atom stereocenters. The highest BCUT2D eigenvalue weighted by Crippen LogP contribution is 2.30. The van der Waals surface area contributed by atoms with E-state index in [1.54, 1.807) is 32.4 Å². The number of hydrogen-bond donors (Lipinski definition) is 1. The van der Waals surface area contributed by atoms with Crippen molar-refractivity contribution in [1.29, 1.82) is 0 Å². The zero-order valence-corrected chi connectivity index (χ0v) is 12.0. The minimum atomic E-state index is -0.531. The Bertz CT molecular complexity index is 582. The molecule has 0 saturated carbocycles. The first kappa shape index (κ1) is 14.3. The fraction of sp³-hybridized carbons (Fsp3) is 0.312. The van der Waals surface area contributed by atoms with Gasteiger partial charge in [0.15, 0.2) is 11.5 Å². The summed E-state index contributed by atoms with van der Waals surface area (Å²) in [5, 5.41) is 9.57. The van der Waals surface area contributed by atoms with E-state index in [-0.39, 0.29) is 0 Å². The van der Waals surface area contributed by atoms with Gasteiger partial charge in [-0.25, -0.2) is 0 Å². The van der Waals surface area contributed by atoms with Crippen LogP contribution in [0.4, 0.5) is 0 Å². The summed E-state index contributed by atoms with van der Waals surface area (Å²) in [4.78, 5) is 4.29. The van der Waals surface area contributed by atoms with Crippen molar-refractivity contribution < 1.29 is 14.6 Å². The number of aryl methyl sites for hydroxylation is 1. The second kappa shape index (κ2) is 6.39. The zero-order chi connectivity index (χ0) is 14.5. The highest BCUT2D eigenvalue weighted by Gasteiger charge is 2.09. The van der Waals surface area contributed by atoms with Crippen LogP contribution in [0.3, 0.4) is 0 Å². The molecular formula is C16H19NO3. The summed E-state index contributed by atoms with van der Waals surface area (Å²) in [6.07, 6.45) is 1.22. The summed E-state index contributed by atoms with van der Waals surface area (Å²) in [7, 11) is 1.58. The maximum absolute atomic E-state index is 9.57. The lowest BCUT2D eigenvalue weighted by molar-refractivity contribution is 0.198. The van der Waals surface area contributed by atoms with Crippen LogP contribution in [0.15, 0.2) is 36.5 Å². The average Bonchev–Trinajstić information content (AvgIpc) is 2.46. The number of aliphatic hydroxyl groups excluding tert-OH is 1. The molecule has 0 aliphatic rings. The molecular weight excluding hydrogens is 254 g/mol. The fourth-order valence-electron chi connectivity index (χ4n) is 1.88. The lowest BCUT2D eigenvalue weighted by Crippen LogP contribution is -2.02. The second-order valence-corrected chi connectivity index (χ2v) is 4.64. The first-order valence-corrected chi connectivity index (χ1v) is 6.51. The van der Waals surface area contributed by atoms with Gasteiger partial charge in [0.05, 0.1) is 18.9 Å². The van der Waals surface area contributed by atoms with Gasteiger partial charge < -0.3 is 14.6 Å². The van der Waals surface area contributed by atoms with Gasteiger partial charge in [0.2, 0.25) is 0 Å². The van der Waals surface area contributed by atoms with E-state index in [1.165, 1.54) is 0 Å². The summed E-state index contributed by atoms with van der Waals surface area (Å²) >= 11 is 0. The fourth-order valence-corrected chi connectivity index (χ4v) is 1.88. The van der Waals surface area contributed by atoms with Crippen molar-refractivity contribution in [2.24, 2.45) is 0 Å². The molecule has 1 aromatic carbocycles. The van der Waals surface area contributed by atoms with E-state index in [1.807, 2.05) is 25.1 Å². The van der Waals surface area contributed by atoms with E-state index in [2.05, 4.69) is 4.98 Å². The van der Waals surface area contributed by atoms with Gasteiger partial charge in [-0.1, -0.05) is 12.1 Å². The largest absolute Gasteiger partial charge is 0.493 e. The van der Waals surface area contributed by atoms with Crippen molar-refractivity contribution >= 4 is 0 Å². The van der Waals surface area contributed by atoms with Crippen LogP contribution in [-0.4, -0.2) is 17.2 Å². The normalized spacial score (nSPS) is 12.0. The molecule has 0 saturated heterocycles. The van der Waals surface area contributed by atoms with E-state index in [9.17, 15) is 5.11 Å². The van der Waals surface area contributed by atoms with Gasteiger partial charge in [-0.15, -0.1) is 0 Å². The molecule has 0 spiro atoms. The van der Waals surface area contributed by atoms with Crippen LogP contribution in [-0.2, 0) is 6.61 Å². The Morgan fingerprint density at radius 2 is 2.05 bits per heavy atom. The van der Waals surface area contributed by atoms with Gasteiger partial charge >= 0.3 is 0 Å². The van der Waals surface area contributed by atoms with E-state index in [4.69, 9.17) is 9.47 Å². The number of nitrogens with zero attached hydrogens (tertiary/aromatic N) is 1. The summed E-state index contributed by atoms with van der Waals surface area (Å²) < 4.78 is 11.1. The average molecular weight is 273 g/mol. The van der Waals surface area contributed by atoms with Crippen LogP contribution in [0.1, 0.15) is 29.8 Å². The number of ether oxygens (including phenoxy) is 2. The van der Waals surface area contributed by atoms with E-state index < -0.39 is 6.10 Å². The van der Waals surface area contributed by atoms with Crippen molar-refractivity contribution in [2.75, 3.05) is 7.11 Å². The van der Waals surface area contributed by atoms with Crippen LogP contribution in [0.5, 0.6) is 11.5 Å². The molecule has 0 radical (unpaired) electrons. The number of rotatable bonds is 5. The van der Waals surface area contributed by atoms with Gasteiger partial charge in [-0.05, 0) is 43.2 Å². The first-order chi connectivity index (χ1) is 9.61. The molecule has 0 aliphatic heterocycles. The van der Waals surface area contributed by atoms with Crippen LogP contribution in [0.25, 0.3) is 0 Å². The maximum atomic E-state index is 9.57. The molecule has 20 heavy (non-hydrogen) atoms. The highest BCUT2D eigenvalue weighted by molar-refractivity contribution is 5.43. The molecule has 0 unspecified atom stereocenters. The van der Waals surface area contributed by atoms with Gasteiger partial charge in [-0.2, -0.15) is 0 Å². The molecule has 0 amide bonds. The predicted octanol–water partition coefficient (Wildman–Crippen LogP) is 3.03. The Morgan fingerprint density at radius 3 is 2.70 bits per heavy atom. The molecule has 0 aliphatic carbocycles. The number of aliphatic hydroxyl groups is 1. The van der Waals surface area contributed by atoms with Crippen molar-refractivity contribution in [1.82, 2.24) is 4.98 Å². The van der Waals surface area contributed by atoms with Gasteiger partial charge in [0.25, 0.3) is 0 Å². The number of benzene rings is 1. The van der Waals surface area contributed by atoms with E-state index >= 15 is 0 Å². The monoisotopic (exact) mass is 273 g/mol. The number of methoxy groups -OCH3 is 1. The SMILES string of the molecule is COc1cc([C@@H](C)O)ccc1OCc1ncccc1C. The molecule has 0 bridgehead atoms. The third-order valence-corrected chi connectivity index (χ3v) is 3.15. The Kier molecular flexibility index (Phi) is 4.58. The molecule has 0 fully saturated rings. The molecule has 1 N–H and O–H groups in total. The molecule has 106 valence electrons. The lowest BCUT2D eigenvalue weighted by atomic mass is 10.1. The van der Waals surface area contributed by atoms with Gasteiger partial charge in [0, 0.05) is 6.20 Å². The molecule has 4 nitrogen and oxygen atoms in total. The Balaban J connectivity index is 2.15. The van der Waals surface area contributed by atoms with Crippen molar-refractivity contribution in [2.45, 2.75) is 26.6 Å². The molecule has 1 aromatic heterocycles. The van der Waals surface area contributed by atoms with Crippen LogP contribution in [0.2, 0.25) is 0 Å². The third kappa shape index (κ3) is 3.27. The highest BCUT2D eigenvalue weighted by atomic mass is 16.5. The van der Waals surface area contributed by atoms with E-state index in [0.29, 0.717) is 18.1 Å². The molecule has 2 rings (SSSR count). The topological polar surface area (TPSA) is 51.6 Å². The van der Waals surface area contributed by atoms with Crippen molar-refractivity contribution in [3.05, 3.63) is 53.3 Å². The molecule has 2 aromatic rings. The third-order valence-electron chi connectivity index (χ3n) is 3.15. The van der Waals surface area contributed by atoms with Gasteiger partial charge in [0.1, 0.15) is 6.61 Å². The second-order valence-electron chi connectivity index (χ2n) is 4.64. The molecule has 1 heterocycles. The molecule has 4 heteroatoms. The quantitative estimate of drug-likeness (QED) is 0.909. The summed E-state index contributed by atoms with van der Waals surface area (Å²) in [5.74, 6) is 1.25. The number of hydrogen-bond acceptors (Lipinski definition) is 4. The van der Waals surface area contributed by atoms with E-state index in [0.717, 1.165) is 16.8 Å². The standard InChI is InChI=1S/C16H19NO3/c1-11-5-4-8-17-14(11)10-20-15-7-6-13(12(2)18)9-16(15)19-3/h4-9,12,18H,10H2,1-3H3/t12-/m1/s1. The number of pyridine rings is 1. The Labute approximate surface area is 119 Å². The van der Waals surface area contributed by atoms with Gasteiger partial charge in [-0.3, -0.25) is 4.98 Å². The maximum Gasteiger partial charge on any atom is 0.161 e. The predicted molar refractivity (Wildman–Crippen MR) is 76.9 cm³/mol. The van der Waals surface area contributed by atoms with Crippen LogP contribution in [0, 0.1) is 6.92 Å². The summed E-state index contributed by atoms with van der Waals surface area (Å²) in [6.45, 7) is 4.10. The Hall–Kier alpha value is -2.07. The minimum absolute atomic E-state index is 0.386. The first-order valence-electron chi connectivity index (χ1n) is 6.51. The minimum Gasteiger partial charge on any atom is -0.493 e. The zero-order valence-electron chi connectivity index (χ0n) is 12.0. The van der Waals surface area contributed by atoms with Crippen LogP contribution >= 0.6 is 0 Å². The van der Waals surface area contributed by atoms with Crippen molar-refractivity contribution in [3.63, 3.8) is 0 Å². The lowest BCUT2D eigenvalue weighted by Gasteiger charge is -2.13. The summed E-state index contributed by atoms with van der Waals surface area (Å²) in [6, 6.07) is 9.31. The van der Waals surface area contributed by atoms with Crippen LogP contribution < -0.4 is 9.47 Å². The smallest absolute Gasteiger partial charge is 0.161 e. The Morgan fingerprint density at radius 1 is 1.25 bits per heavy atom. The summed E-state index contributed by atoms with van der Waals surface area (Å²) in [5.41, 5.74) is 2.78. The van der Waals surface area contributed by atoms with Crippen molar-refractivity contribution in [3.8, 4) is 11.5 Å².